The summed E-state index contributed by atoms with van der Waals surface area (Å²) in [4.78, 5) is 110. The maximum absolute atomic E-state index is 12.2. The van der Waals surface area contributed by atoms with Gasteiger partial charge in [-0.1, -0.05) is 35.3 Å². The number of carbonyl (C=O) groups excluding carboxylic acids is 7. The molecule has 0 saturated heterocycles. The Balaban J connectivity index is 0.000000338. The summed E-state index contributed by atoms with van der Waals surface area (Å²) < 4.78 is 25.9. The third kappa shape index (κ3) is 22.5. The number of hydrogen-bond donors (Lipinski definition) is 9. The topological polar surface area (TPSA) is 337 Å². The first-order valence-corrected chi connectivity index (χ1v) is 24.4. The van der Waals surface area contributed by atoms with Gasteiger partial charge < -0.3 is 25.2 Å². The number of nitrogens with zero attached hydrogens (tertiary/aromatic N) is 4. The zero-order valence-electron chi connectivity index (χ0n) is 46.0. The zero-order chi connectivity index (χ0) is 60.1. The Morgan fingerprint density at radius 1 is 0.620 bits per heavy atom. The number of nitrogens with two attached hydrogens (primary N) is 1. The summed E-state index contributed by atoms with van der Waals surface area (Å²) in [5.74, 6) is 0.314. The first kappa shape index (κ1) is 62.9. The molecule has 23 nitrogen and oxygen atoms in total. The Labute approximate surface area is 466 Å². The van der Waals surface area contributed by atoms with E-state index in [0.29, 0.717) is 49.8 Å². The van der Waals surface area contributed by atoms with Crippen LogP contribution in [0.5, 0.6) is 0 Å². The standard InChI is InChI=1S/C26H29ClN6O5.C15H21N3O5.C11H10ClN3O.CH3F/c1-14-8-21(31-25(37)38-26(3,4)5)30-15(2)19(14)13-29-23(35)24(36)33-32-22(34)10-16-6-7-20-17(9-16)11-18(27)12-28-20;1-8-6-11(18-14(22)23-15(3,4)5)17-9(2)10(8)7-16-12(19)13(20)21;12-9-5-8-3-7(4-11(16)15-13)1-2-10(8)14-6-9;1-2/h6-9,11-12H,10,13H2,1-5H3,(H,29,35)(H,32,34)(H,33,36)(H,30,31,37);6H,7H2,1-5H3,(H,16,19)(H,20,21)(H,17,18,22);1-3,5-6H,4,13H2,(H,15,16);1H3/i;;;1D. The monoisotopic (exact) mass is 1130 g/mol. The number of aryl methyl sites for hydroxylation is 4. The lowest BCUT2D eigenvalue weighted by Gasteiger charge is -2.20. The molecule has 0 aliphatic carbocycles. The van der Waals surface area contributed by atoms with E-state index in [2.05, 4.69) is 57.5 Å². The van der Waals surface area contributed by atoms with E-state index in [4.69, 9.17) is 45.0 Å². The quantitative estimate of drug-likeness (QED) is 0.0288. The highest BCUT2D eigenvalue weighted by Crippen LogP contribution is 2.22. The molecule has 6 rings (SSSR count). The largest absolute Gasteiger partial charge is 0.474 e. The van der Waals surface area contributed by atoms with Crippen LogP contribution in [0.15, 0.2) is 73.1 Å². The number of amides is 7. The minimum atomic E-state index is -1.54. The van der Waals surface area contributed by atoms with Crippen molar-refractivity contribution >= 4 is 104 Å². The molecule has 6 aromatic rings. The first-order valence-electron chi connectivity index (χ1n) is 24.4. The highest BCUT2D eigenvalue weighted by atomic mass is 35.5. The number of benzene rings is 2. The molecule has 0 atom stereocenters. The first-order chi connectivity index (χ1) is 37.4. The molecule has 79 heavy (non-hydrogen) atoms. The highest BCUT2D eigenvalue weighted by molar-refractivity contribution is 6.35. The van der Waals surface area contributed by atoms with Crippen molar-refractivity contribution in [2.24, 2.45) is 5.84 Å². The molecule has 0 spiro atoms. The second kappa shape index (κ2) is 29.8. The fourth-order valence-electron chi connectivity index (χ4n) is 6.87. The van der Waals surface area contributed by atoms with E-state index >= 15 is 0 Å². The lowest BCUT2D eigenvalue weighted by Crippen LogP contribution is -2.48. The van der Waals surface area contributed by atoms with E-state index < -0.39 is 60.1 Å². The Kier molecular flexibility index (Phi) is 23.7. The molecule has 0 saturated carbocycles. The number of hydrogen-bond acceptors (Lipinski definition) is 15. The molecule has 4 heterocycles. The van der Waals surface area contributed by atoms with Gasteiger partial charge in [-0.3, -0.25) is 65.2 Å². The second-order valence-corrected chi connectivity index (χ2v) is 19.9. The lowest BCUT2D eigenvalue weighted by molar-refractivity contribution is -0.150. The lowest BCUT2D eigenvalue weighted by atomic mass is 10.1. The van der Waals surface area contributed by atoms with Crippen molar-refractivity contribution in [3.05, 3.63) is 128 Å². The number of carboxylic acids is 1. The third-order valence-corrected chi connectivity index (χ3v) is 10.7. The number of anilines is 2. The van der Waals surface area contributed by atoms with Crippen LogP contribution in [0.1, 0.15) is 87.7 Å². The molecule has 4 aromatic heterocycles. The molecule has 0 bridgehead atoms. The molecule has 0 fully saturated rings. The van der Waals surface area contributed by atoms with Crippen LogP contribution < -0.4 is 43.4 Å². The molecule has 0 radical (unpaired) electrons. The number of aromatic nitrogens is 4. The number of carbonyl (C=O) groups is 8. The molecular formula is C53H63Cl2FN12O11. The fraction of sp³-hybridized carbons (Fsp3) is 0.321. The average molecular weight is 1140 g/mol. The van der Waals surface area contributed by atoms with Crippen LogP contribution in [0.2, 0.25) is 10.0 Å². The normalized spacial score (nSPS) is 10.8. The van der Waals surface area contributed by atoms with E-state index in [1.54, 1.807) is 112 Å². The third-order valence-electron chi connectivity index (χ3n) is 10.2. The zero-order valence-corrected chi connectivity index (χ0v) is 46.5. The molecular weight excluding hydrogens is 1070 g/mol. The number of alkyl halides is 1. The van der Waals surface area contributed by atoms with Gasteiger partial charge in [-0.2, -0.15) is 0 Å². The van der Waals surface area contributed by atoms with Gasteiger partial charge in [0.2, 0.25) is 11.8 Å². The summed E-state index contributed by atoms with van der Waals surface area (Å²) >= 11 is 11.8. The van der Waals surface area contributed by atoms with Crippen molar-refractivity contribution in [1.29, 1.82) is 0 Å². The number of rotatable bonds is 10. The average Bonchev–Trinajstić information content (AvgIpc) is 3.34. The van der Waals surface area contributed by atoms with E-state index in [9.17, 15) is 42.7 Å². The molecule has 0 aliphatic rings. The van der Waals surface area contributed by atoms with Gasteiger partial charge in [0, 0.05) is 47.6 Å². The Hall–Kier alpha value is -8.61. The van der Waals surface area contributed by atoms with Gasteiger partial charge in [0.25, 0.3) is 0 Å². The van der Waals surface area contributed by atoms with Gasteiger partial charge in [-0.25, -0.2) is 30.2 Å². The van der Waals surface area contributed by atoms with Gasteiger partial charge >= 0.3 is 35.9 Å². The number of pyridine rings is 4. The molecule has 10 N–H and O–H groups in total. The number of halogens is 3. The predicted octanol–water partition coefficient (Wildman–Crippen LogP) is 7.01. The van der Waals surface area contributed by atoms with Crippen LogP contribution in [0.3, 0.4) is 0 Å². The molecule has 0 unspecified atom stereocenters. The van der Waals surface area contributed by atoms with Crippen molar-refractivity contribution in [2.75, 3.05) is 17.8 Å². The van der Waals surface area contributed by atoms with Gasteiger partial charge in [0.05, 0.1) is 42.4 Å². The molecule has 2 aromatic carbocycles. The summed E-state index contributed by atoms with van der Waals surface area (Å²) in [6, 6.07) is 17.7. The number of nitrogens with one attached hydrogen (secondary N) is 7. The number of ether oxygens (including phenoxy) is 2. The minimum Gasteiger partial charge on any atom is -0.474 e. The summed E-state index contributed by atoms with van der Waals surface area (Å²) in [6.45, 7) is 17.6. The second-order valence-electron chi connectivity index (χ2n) is 19.0. The fourth-order valence-corrected chi connectivity index (χ4v) is 7.20. The summed E-state index contributed by atoms with van der Waals surface area (Å²) in [6.07, 6.45) is 2.10. The molecule has 0 aliphatic heterocycles. The van der Waals surface area contributed by atoms with E-state index in [1.807, 2.05) is 24.3 Å². The number of fused-ring (bicyclic) bond motifs is 2. The van der Waals surface area contributed by atoms with Crippen LogP contribution >= 0.6 is 23.2 Å². The van der Waals surface area contributed by atoms with Crippen molar-refractivity contribution in [3.8, 4) is 0 Å². The number of carboxylic acid groups (broad SMARTS) is 1. The van der Waals surface area contributed by atoms with E-state index in [0.717, 1.165) is 38.5 Å². The van der Waals surface area contributed by atoms with Gasteiger partial charge in [-0.05, 0) is 151 Å². The smallest absolute Gasteiger partial charge is 0.413 e. The van der Waals surface area contributed by atoms with Crippen LogP contribution in [-0.2, 0) is 64.2 Å². The highest BCUT2D eigenvalue weighted by Gasteiger charge is 2.21. The number of aliphatic carboxylic acids is 1. The van der Waals surface area contributed by atoms with Crippen LogP contribution in [0, 0.1) is 27.7 Å². The Bertz CT molecular complexity index is 3200. The Morgan fingerprint density at radius 2 is 1.03 bits per heavy atom. The van der Waals surface area contributed by atoms with E-state index in [-0.39, 0.29) is 31.8 Å². The molecule has 7 amide bonds. The maximum atomic E-state index is 12.2. The predicted molar refractivity (Wildman–Crippen MR) is 295 cm³/mol. The maximum Gasteiger partial charge on any atom is 0.413 e. The van der Waals surface area contributed by atoms with Crippen molar-refractivity contribution in [2.45, 2.75) is 106 Å². The number of hydrazine groups is 2. The summed E-state index contributed by atoms with van der Waals surface area (Å²) in [5, 5.41) is 21.2. The molecule has 26 heteroatoms. The minimum absolute atomic E-state index is 0.0191. The van der Waals surface area contributed by atoms with E-state index in [1.165, 1.54) is 6.20 Å². The van der Waals surface area contributed by atoms with Gasteiger partial charge in [0.1, 0.15) is 22.8 Å². The van der Waals surface area contributed by atoms with Crippen LogP contribution in [0.25, 0.3) is 21.8 Å². The van der Waals surface area contributed by atoms with Crippen LogP contribution in [-0.4, -0.2) is 91.1 Å². The summed E-state index contributed by atoms with van der Waals surface area (Å²) in [5.41, 5.74) is 12.3. The SMILES string of the molecule is Cc1cc(NC(=O)OC(C)(C)C)nc(C)c1CNC(=O)C(=O)NNC(=O)Cc1ccc2ncc(Cl)cc2c1.Cc1cc(NC(=O)OC(C)(C)C)nc(C)c1CNC(=O)C(=O)O.NNC(=O)Cc1ccc2ncc(Cl)cc2c1.[2H]CF. The van der Waals surface area contributed by atoms with Crippen LogP contribution in [0.4, 0.5) is 25.6 Å². The molecule has 422 valence electrons. The summed E-state index contributed by atoms with van der Waals surface area (Å²) in [7, 11) is -1.00. The van der Waals surface area contributed by atoms with Gasteiger partial charge in [-0.15, -0.1) is 0 Å². The van der Waals surface area contributed by atoms with Crippen molar-refractivity contribution in [1.82, 2.24) is 46.8 Å². The van der Waals surface area contributed by atoms with Crippen molar-refractivity contribution in [3.63, 3.8) is 0 Å². The Morgan fingerprint density at radius 3 is 1.41 bits per heavy atom. The van der Waals surface area contributed by atoms with Gasteiger partial charge in [0.15, 0.2) is 0 Å². The van der Waals surface area contributed by atoms with Crippen molar-refractivity contribution < 1.29 is 58.7 Å².